The average Bonchev–Trinajstić information content (AvgIpc) is 2.95. The molecule has 100 valence electrons. The van der Waals surface area contributed by atoms with Gasteiger partial charge in [0.25, 0.3) is 0 Å². The Hall–Kier alpha value is -0.0800. The van der Waals surface area contributed by atoms with Gasteiger partial charge in [0.05, 0.1) is 0 Å². The van der Waals surface area contributed by atoms with Crippen LogP contribution in [0.2, 0.25) is 0 Å². The Kier molecular flexibility index (Phi) is 4.87. The second-order valence-corrected chi connectivity index (χ2v) is 6.15. The molecule has 1 N–H and O–H groups in total. The van der Waals surface area contributed by atoms with E-state index in [0.29, 0.717) is 0 Å². The molecule has 2 bridgehead atoms. The van der Waals surface area contributed by atoms with Gasteiger partial charge in [-0.1, -0.05) is 20.3 Å². The van der Waals surface area contributed by atoms with E-state index in [9.17, 15) is 0 Å². The molecule has 0 radical (unpaired) electrons. The van der Waals surface area contributed by atoms with Crippen LogP contribution in [0.1, 0.15) is 59.3 Å². The monoisotopic (exact) mass is 238 g/mol. The predicted molar refractivity (Wildman–Crippen MR) is 74.3 cm³/mol. The number of unbranched alkanes of at least 4 members (excludes halogenated alkanes) is 1. The molecule has 2 rings (SSSR count). The van der Waals surface area contributed by atoms with Gasteiger partial charge in [-0.2, -0.15) is 0 Å². The Labute approximate surface area is 107 Å². The second kappa shape index (κ2) is 6.19. The maximum atomic E-state index is 3.77. The van der Waals surface area contributed by atoms with Gasteiger partial charge in [0.1, 0.15) is 0 Å². The van der Waals surface area contributed by atoms with Crippen LogP contribution < -0.4 is 5.32 Å². The third kappa shape index (κ3) is 3.23. The lowest BCUT2D eigenvalue weighted by Crippen LogP contribution is -2.40. The van der Waals surface area contributed by atoms with Crippen LogP contribution in [0.4, 0.5) is 0 Å². The highest BCUT2D eigenvalue weighted by Gasteiger charge is 2.39. The number of nitrogens with one attached hydrogen (secondary N) is 1. The molecule has 2 aliphatic rings. The van der Waals surface area contributed by atoms with Crippen LogP contribution in [0.25, 0.3) is 0 Å². The fraction of sp³-hybridized carbons (Fsp3) is 1.00. The molecule has 4 unspecified atom stereocenters. The summed E-state index contributed by atoms with van der Waals surface area (Å²) in [5.41, 5.74) is 0. The first-order chi connectivity index (χ1) is 8.24. The minimum absolute atomic E-state index is 0.765. The highest BCUT2D eigenvalue weighted by Crippen LogP contribution is 2.34. The minimum Gasteiger partial charge on any atom is -0.311 e. The van der Waals surface area contributed by atoms with Gasteiger partial charge in [0, 0.05) is 24.7 Å². The zero-order valence-electron chi connectivity index (χ0n) is 11.9. The van der Waals surface area contributed by atoms with E-state index in [0.717, 1.165) is 24.0 Å². The van der Waals surface area contributed by atoms with Gasteiger partial charge < -0.3 is 10.2 Å². The van der Waals surface area contributed by atoms with Crippen LogP contribution in [0, 0.1) is 5.92 Å². The summed E-state index contributed by atoms with van der Waals surface area (Å²) in [5.74, 6) is 0.930. The molecule has 2 fully saturated rings. The molecule has 0 aromatic rings. The van der Waals surface area contributed by atoms with Gasteiger partial charge >= 0.3 is 0 Å². The molecule has 0 saturated carbocycles. The zero-order chi connectivity index (χ0) is 12.3. The number of hydrogen-bond donors (Lipinski definition) is 1. The van der Waals surface area contributed by atoms with Crippen molar-refractivity contribution in [3.8, 4) is 0 Å². The number of nitrogens with zero attached hydrogens (tertiary/aromatic N) is 1. The van der Waals surface area contributed by atoms with E-state index in [-0.39, 0.29) is 0 Å². The summed E-state index contributed by atoms with van der Waals surface area (Å²) in [7, 11) is 0. The second-order valence-electron chi connectivity index (χ2n) is 6.15. The van der Waals surface area contributed by atoms with E-state index in [1.807, 2.05) is 0 Å². The van der Waals surface area contributed by atoms with E-state index in [1.165, 1.54) is 51.6 Å². The summed E-state index contributed by atoms with van der Waals surface area (Å²) in [5, 5.41) is 3.77. The van der Waals surface area contributed by atoms with Gasteiger partial charge in [-0.15, -0.1) is 0 Å². The van der Waals surface area contributed by atoms with E-state index in [4.69, 9.17) is 0 Å². The molecule has 0 aliphatic carbocycles. The van der Waals surface area contributed by atoms with Crippen molar-refractivity contribution in [2.45, 2.75) is 77.4 Å². The first-order valence-electron chi connectivity index (χ1n) is 7.74. The van der Waals surface area contributed by atoms with Crippen molar-refractivity contribution in [2.24, 2.45) is 5.92 Å². The molecular formula is C15H30N2. The molecule has 0 amide bonds. The van der Waals surface area contributed by atoms with E-state index < -0.39 is 0 Å². The summed E-state index contributed by atoms with van der Waals surface area (Å²) >= 11 is 0. The van der Waals surface area contributed by atoms with Crippen molar-refractivity contribution < 1.29 is 0 Å². The quantitative estimate of drug-likeness (QED) is 0.733. The highest BCUT2D eigenvalue weighted by atomic mass is 15.2. The Morgan fingerprint density at radius 3 is 2.65 bits per heavy atom. The lowest BCUT2D eigenvalue weighted by molar-refractivity contribution is 0.158. The molecule has 0 aromatic heterocycles. The van der Waals surface area contributed by atoms with Crippen molar-refractivity contribution in [2.75, 3.05) is 13.1 Å². The molecule has 2 saturated heterocycles. The molecular weight excluding hydrogens is 208 g/mol. The molecule has 4 atom stereocenters. The standard InChI is InChI=1S/C15H30N2/c1-4-6-9-17(12(3)5-2)11-13-10-14-7-8-15(13)16-14/h12-16H,4-11H2,1-3H3. The molecule has 17 heavy (non-hydrogen) atoms. The van der Waals surface area contributed by atoms with Gasteiger partial charge in [-0.05, 0) is 51.5 Å². The summed E-state index contributed by atoms with van der Waals surface area (Å²) in [6, 6.07) is 2.46. The maximum Gasteiger partial charge on any atom is 0.0111 e. The largest absolute Gasteiger partial charge is 0.311 e. The summed E-state index contributed by atoms with van der Waals surface area (Å²) in [6.45, 7) is 9.66. The maximum absolute atomic E-state index is 3.77. The number of fused-ring (bicyclic) bond motifs is 2. The third-order valence-corrected chi connectivity index (χ3v) is 4.91. The summed E-state index contributed by atoms with van der Waals surface area (Å²) < 4.78 is 0. The summed E-state index contributed by atoms with van der Waals surface area (Å²) in [6.07, 6.45) is 8.26. The first-order valence-corrected chi connectivity index (χ1v) is 7.74. The zero-order valence-corrected chi connectivity index (χ0v) is 11.9. The molecule has 0 aromatic carbocycles. The lowest BCUT2D eigenvalue weighted by atomic mass is 9.88. The van der Waals surface area contributed by atoms with Crippen LogP contribution in [0.5, 0.6) is 0 Å². The van der Waals surface area contributed by atoms with E-state index in [1.54, 1.807) is 0 Å². The molecule has 2 aliphatic heterocycles. The number of hydrogen-bond acceptors (Lipinski definition) is 2. The van der Waals surface area contributed by atoms with Crippen molar-refractivity contribution in [3.63, 3.8) is 0 Å². The van der Waals surface area contributed by atoms with Gasteiger partial charge in [0.15, 0.2) is 0 Å². The average molecular weight is 238 g/mol. The predicted octanol–water partition coefficient (Wildman–Crippen LogP) is 3.03. The fourth-order valence-electron chi connectivity index (χ4n) is 3.55. The first kappa shape index (κ1) is 13.4. The van der Waals surface area contributed by atoms with Gasteiger partial charge in [-0.3, -0.25) is 0 Å². The van der Waals surface area contributed by atoms with Gasteiger partial charge in [0.2, 0.25) is 0 Å². The van der Waals surface area contributed by atoms with E-state index in [2.05, 4.69) is 31.0 Å². The molecule has 2 heteroatoms. The van der Waals surface area contributed by atoms with Crippen molar-refractivity contribution >= 4 is 0 Å². The molecule has 2 heterocycles. The highest BCUT2D eigenvalue weighted by molar-refractivity contribution is 4.98. The third-order valence-electron chi connectivity index (χ3n) is 4.91. The molecule has 0 spiro atoms. The van der Waals surface area contributed by atoms with Crippen molar-refractivity contribution in [3.05, 3.63) is 0 Å². The Morgan fingerprint density at radius 1 is 1.29 bits per heavy atom. The fourth-order valence-corrected chi connectivity index (χ4v) is 3.55. The van der Waals surface area contributed by atoms with Crippen LogP contribution in [-0.4, -0.2) is 36.1 Å². The molecule has 2 nitrogen and oxygen atoms in total. The van der Waals surface area contributed by atoms with Crippen LogP contribution in [0.3, 0.4) is 0 Å². The smallest absolute Gasteiger partial charge is 0.0111 e. The van der Waals surface area contributed by atoms with Crippen molar-refractivity contribution in [1.82, 2.24) is 10.2 Å². The number of rotatable bonds is 7. The van der Waals surface area contributed by atoms with E-state index >= 15 is 0 Å². The van der Waals surface area contributed by atoms with Crippen LogP contribution >= 0.6 is 0 Å². The normalized spacial score (nSPS) is 33.5. The Morgan fingerprint density at radius 2 is 2.12 bits per heavy atom. The Bertz CT molecular complexity index is 229. The lowest BCUT2D eigenvalue weighted by Gasteiger charge is -2.33. The van der Waals surface area contributed by atoms with Crippen molar-refractivity contribution in [1.29, 1.82) is 0 Å². The summed E-state index contributed by atoms with van der Waals surface area (Å²) in [4.78, 5) is 2.75. The SMILES string of the molecule is CCCCN(CC1CC2CCC1N2)C(C)CC. The Balaban J connectivity index is 1.83. The van der Waals surface area contributed by atoms with Crippen LogP contribution in [0.15, 0.2) is 0 Å². The topological polar surface area (TPSA) is 15.3 Å². The minimum atomic E-state index is 0.765. The van der Waals surface area contributed by atoms with Crippen LogP contribution in [-0.2, 0) is 0 Å². The van der Waals surface area contributed by atoms with Gasteiger partial charge in [-0.25, -0.2) is 0 Å².